The molecule has 2 N–H and O–H groups in total. The van der Waals surface area contributed by atoms with Crippen LogP contribution in [0.2, 0.25) is 0 Å². The summed E-state index contributed by atoms with van der Waals surface area (Å²) in [5.74, 6) is 0.930. The van der Waals surface area contributed by atoms with E-state index in [0.29, 0.717) is 30.4 Å². The van der Waals surface area contributed by atoms with Crippen molar-refractivity contribution in [2.75, 3.05) is 6.54 Å². The van der Waals surface area contributed by atoms with Gasteiger partial charge in [0.05, 0.1) is 12.1 Å². The van der Waals surface area contributed by atoms with Crippen molar-refractivity contribution in [3.05, 3.63) is 28.7 Å². The summed E-state index contributed by atoms with van der Waals surface area (Å²) in [6.45, 7) is 0.551. The third kappa shape index (κ3) is 2.16. The third-order valence-electron chi connectivity index (χ3n) is 2.82. The number of nitrogens with zero attached hydrogens (tertiary/aromatic N) is 3. The number of pyridine rings is 1. The van der Waals surface area contributed by atoms with E-state index in [-0.39, 0.29) is 12.1 Å². The molecule has 1 aliphatic heterocycles. The summed E-state index contributed by atoms with van der Waals surface area (Å²) in [6, 6.07) is 3.61. The van der Waals surface area contributed by atoms with Crippen LogP contribution in [0.3, 0.4) is 0 Å². The molecule has 3 heterocycles. The van der Waals surface area contributed by atoms with Gasteiger partial charge in [0.15, 0.2) is 0 Å². The van der Waals surface area contributed by atoms with Gasteiger partial charge in [-0.05, 0) is 34.5 Å². The molecule has 0 spiro atoms. The van der Waals surface area contributed by atoms with Gasteiger partial charge in [-0.2, -0.15) is 4.98 Å². The van der Waals surface area contributed by atoms with Crippen LogP contribution in [-0.2, 0) is 0 Å². The zero-order chi connectivity index (χ0) is 12.5. The van der Waals surface area contributed by atoms with Crippen molar-refractivity contribution in [3.63, 3.8) is 0 Å². The maximum atomic E-state index is 9.46. The Balaban J connectivity index is 1.88. The fourth-order valence-corrected chi connectivity index (χ4v) is 2.36. The van der Waals surface area contributed by atoms with Gasteiger partial charge in [0, 0.05) is 17.2 Å². The van der Waals surface area contributed by atoms with Crippen LogP contribution in [0, 0.1) is 0 Å². The summed E-state index contributed by atoms with van der Waals surface area (Å²) in [7, 11) is 0. The smallest absolute Gasteiger partial charge is 0.244 e. The molecule has 0 amide bonds. The fraction of sp³-hybridized carbons (Fsp3) is 0.364. The number of hydrogen-bond acceptors (Lipinski definition) is 6. The first-order chi connectivity index (χ1) is 8.74. The molecule has 0 saturated carbocycles. The van der Waals surface area contributed by atoms with Crippen molar-refractivity contribution in [3.8, 4) is 11.5 Å². The van der Waals surface area contributed by atoms with Gasteiger partial charge < -0.3 is 14.9 Å². The molecule has 1 saturated heterocycles. The van der Waals surface area contributed by atoms with Gasteiger partial charge >= 0.3 is 0 Å². The number of β-amino-alcohol motifs (C(OH)–C–C–N with tert-alkyl or cyclic N) is 1. The van der Waals surface area contributed by atoms with Crippen LogP contribution in [-0.4, -0.2) is 32.9 Å². The molecule has 0 aliphatic carbocycles. The van der Waals surface area contributed by atoms with E-state index in [9.17, 15) is 5.11 Å². The second-order valence-corrected chi connectivity index (χ2v) is 4.99. The van der Waals surface area contributed by atoms with Crippen LogP contribution in [0.5, 0.6) is 0 Å². The van der Waals surface area contributed by atoms with Crippen LogP contribution in [0.4, 0.5) is 0 Å². The molecule has 6 nitrogen and oxygen atoms in total. The van der Waals surface area contributed by atoms with E-state index in [0.717, 1.165) is 4.47 Å². The Bertz CT molecular complexity index is 559. The van der Waals surface area contributed by atoms with Gasteiger partial charge in [-0.15, -0.1) is 0 Å². The molecule has 18 heavy (non-hydrogen) atoms. The Morgan fingerprint density at radius 3 is 3.11 bits per heavy atom. The van der Waals surface area contributed by atoms with Gasteiger partial charge in [0.25, 0.3) is 0 Å². The maximum Gasteiger partial charge on any atom is 0.244 e. The molecule has 1 aliphatic rings. The highest BCUT2D eigenvalue weighted by molar-refractivity contribution is 9.10. The van der Waals surface area contributed by atoms with E-state index in [1.165, 1.54) is 0 Å². The van der Waals surface area contributed by atoms with E-state index in [1.54, 1.807) is 6.20 Å². The molecular formula is C11H11BrN4O2. The van der Waals surface area contributed by atoms with Crippen molar-refractivity contribution >= 4 is 15.9 Å². The highest BCUT2D eigenvalue weighted by Crippen LogP contribution is 2.26. The second-order valence-electron chi connectivity index (χ2n) is 4.14. The van der Waals surface area contributed by atoms with E-state index in [4.69, 9.17) is 4.52 Å². The second kappa shape index (κ2) is 4.75. The summed E-state index contributed by atoms with van der Waals surface area (Å²) in [5, 5.41) is 16.5. The lowest BCUT2D eigenvalue weighted by Gasteiger charge is -2.01. The standard InChI is InChI=1S/C11H11BrN4O2/c12-7-2-1-3-13-9(7)10-15-11(18-16-10)8-4-6(17)5-14-8/h1-3,6,8,14,17H,4-5H2. The average Bonchev–Trinajstić information content (AvgIpc) is 2.98. The van der Waals surface area contributed by atoms with Gasteiger partial charge in [-0.1, -0.05) is 5.16 Å². The first-order valence-electron chi connectivity index (χ1n) is 5.60. The fourth-order valence-electron chi connectivity index (χ4n) is 1.93. The summed E-state index contributed by atoms with van der Waals surface area (Å²) >= 11 is 3.40. The topological polar surface area (TPSA) is 84.1 Å². The van der Waals surface area contributed by atoms with Crippen LogP contribution in [0.25, 0.3) is 11.5 Å². The molecule has 0 radical (unpaired) electrons. The van der Waals surface area contributed by atoms with Crippen LogP contribution >= 0.6 is 15.9 Å². The van der Waals surface area contributed by atoms with Crippen molar-refractivity contribution in [2.24, 2.45) is 0 Å². The Labute approximate surface area is 112 Å². The molecule has 1 fully saturated rings. The Morgan fingerprint density at radius 2 is 2.39 bits per heavy atom. The predicted octanol–water partition coefficient (Wildman–Crippen LogP) is 1.29. The normalized spacial score (nSPS) is 23.4. The summed E-state index contributed by atoms with van der Waals surface area (Å²) in [4.78, 5) is 8.52. The van der Waals surface area contributed by atoms with Crippen LogP contribution < -0.4 is 5.32 Å². The quantitative estimate of drug-likeness (QED) is 0.869. The van der Waals surface area contributed by atoms with Crippen molar-refractivity contribution in [1.82, 2.24) is 20.4 Å². The largest absolute Gasteiger partial charge is 0.392 e. The summed E-state index contributed by atoms with van der Waals surface area (Å²) in [6.07, 6.45) is 1.91. The van der Waals surface area contributed by atoms with E-state index < -0.39 is 0 Å². The lowest BCUT2D eigenvalue weighted by Crippen LogP contribution is -2.15. The Hall–Kier alpha value is -1.31. The van der Waals surface area contributed by atoms with Crippen LogP contribution in [0.1, 0.15) is 18.4 Å². The molecule has 2 unspecified atom stereocenters. The highest BCUT2D eigenvalue weighted by Gasteiger charge is 2.28. The van der Waals surface area contributed by atoms with Crippen molar-refractivity contribution in [1.29, 1.82) is 0 Å². The molecule has 3 rings (SSSR count). The number of aliphatic hydroxyl groups excluding tert-OH is 1. The number of rotatable bonds is 2. The molecule has 2 aromatic heterocycles. The minimum absolute atomic E-state index is 0.0799. The Morgan fingerprint density at radius 1 is 1.50 bits per heavy atom. The minimum Gasteiger partial charge on any atom is -0.392 e. The number of halogens is 1. The predicted molar refractivity (Wildman–Crippen MR) is 66.6 cm³/mol. The molecule has 0 aromatic carbocycles. The van der Waals surface area contributed by atoms with Gasteiger partial charge in [0.1, 0.15) is 5.69 Å². The van der Waals surface area contributed by atoms with E-state index in [2.05, 4.69) is 36.4 Å². The van der Waals surface area contributed by atoms with Crippen LogP contribution in [0.15, 0.2) is 27.3 Å². The molecule has 2 atom stereocenters. The molecule has 94 valence electrons. The molecule has 7 heteroatoms. The zero-order valence-electron chi connectivity index (χ0n) is 9.38. The summed E-state index contributed by atoms with van der Waals surface area (Å²) in [5.41, 5.74) is 0.644. The van der Waals surface area contributed by atoms with E-state index >= 15 is 0 Å². The lowest BCUT2D eigenvalue weighted by atomic mass is 10.2. The third-order valence-corrected chi connectivity index (χ3v) is 3.46. The SMILES string of the molecule is OC1CNC(c2nc(-c3ncccc3Br)no2)C1. The van der Waals surface area contributed by atoms with Crippen molar-refractivity contribution in [2.45, 2.75) is 18.6 Å². The minimum atomic E-state index is -0.355. The number of nitrogens with one attached hydrogen (secondary N) is 1. The van der Waals surface area contributed by atoms with Gasteiger partial charge in [-0.3, -0.25) is 4.98 Å². The highest BCUT2D eigenvalue weighted by atomic mass is 79.9. The van der Waals surface area contributed by atoms with Gasteiger partial charge in [-0.25, -0.2) is 0 Å². The van der Waals surface area contributed by atoms with Crippen molar-refractivity contribution < 1.29 is 9.63 Å². The molecular weight excluding hydrogens is 300 g/mol. The first kappa shape index (κ1) is 11.8. The van der Waals surface area contributed by atoms with E-state index in [1.807, 2.05) is 12.1 Å². The Kier molecular flexibility index (Phi) is 3.11. The number of hydrogen-bond donors (Lipinski definition) is 2. The zero-order valence-corrected chi connectivity index (χ0v) is 11.0. The average molecular weight is 311 g/mol. The molecule has 0 bridgehead atoms. The number of aliphatic hydroxyl groups is 1. The first-order valence-corrected chi connectivity index (χ1v) is 6.39. The van der Waals surface area contributed by atoms with Gasteiger partial charge in [0.2, 0.25) is 11.7 Å². The maximum absolute atomic E-state index is 9.46. The lowest BCUT2D eigenvalue weighted by molar-refractivity contribution is 0.191. The summed E-state index contributed by atoms with van der Waals surface area (Å²) < 4.78 is 6.03. The molecule has 2 aromatic rings. The number of aromatic nitrogens is 3. The monoisotopic (exact) mass is 310 g/mol.